The van der Waals surface area contributed by atoms with Gasteiger partial charge in [0, 0.05) is 18.4 Å². The van der Waals surface area contributed by atoms with Crippen molar-refractivity contribution in [2.24, 2.45) is 11.7 Å². The van der Waals surface area contributed by atoms with Crippen LogP contribution in [-0.2, 0) is 4.74 Å². The summed E-state index contributed by atoms with van der Waals surface area (Å²) in [6.45, 7) is 0. The third kappa shape index (κ3) is 2.84. The molecular formula is C9H16Cl2NO4S-. The number of nitrogens with two attached hydrogens (primary N) is 1. The Labute approximate surface area is 114 Å². The zero-order valence-electron chi connectivity index (χ0n) is 9.42. The molecule has 1 aliphatic carbocycles. The molecule has 1 aliphatic rings. The molecule has 1 rings (SSSR count). The molecule has 0 saturated heterocycles. The van der Waals surface area contributed by atoms with Gasteiger partial charge in [-0.25, -0.2) is 0 Å². The van der Waals surface area contributed by atoms with Gasteiger partial charge < -0.3 is 20.1 Å². The van der Waals surface area contributed by atoms with Crippen LogP contribution in [0.3, 0.4) is 0 Å². The minimum absolute atomic E-state index is 0.773. The summed E-state index contributed by atoms with van der Waals surface area (Å²) in [5.74, 6) is -1.16. The predicted octanol–water partition coefficient (Wildman–Crippen LogP) is -1.10. The molecule has 8 heteroatoms. The average molecular weight is 305 g/mol. The molecule has 102 valence electrons. The summed E-state index contributed by atoms with van der Waals surface area (Å²) in [6.07, 6.45) is -1.98. The van der Waals surface area contributed by atoms with Crippen molar-refractivity contribution in [1.29, 1.82) is 0 Å². The lowest BCUT2D eigenvalue weighted by atomic mass is 9.80. The monoisotopic (exact) mass is 304 g/mol. The molecule has 0 radical (unpaired) electrons. The summed E-state index contributed by atoms with van der Waals surface area (Å²) in [4.78, 5) is 0. The summed E-state index contributed by atoms with van der Waals surface area (Å²) in [5.41, 5.74) is 5.58. The highest BCUT2D eigenvalue weighted by Gasteiger charge is 2.51. The van der Waals surface area contributed by atoms with Crippen LogP contribution < -0.4 is 10.8 Å². The van der Waals surface area contributed by atoms with Gasteiger partial charge in [0.05, 0.1) is 17.6 Å². The van der Waals surface area contributed by atoms with Crippen molar-refractivity contribution in [3.05, 3.63) is 0 Å². The number of methoxy groups -OCH3 is 1. The largest absolute Gasteiger partial charge is 0.850 e. The first-order valence-electron chi connectivity index (χ1n) is 4.99. The summed E-state index contributed by atoms with van der Waals surface area (Å²) in [7, 11) is 1.36. The van der Waals surface area contributed by atoms with Crippen LogP contribution in [0.15, 0.2) is 0 Å². The maximum Gasteiger partial charge on any atom is 0.165 e. The highest BCUT2D eigenvalue weighted by molar-refractivity contribution is 7.99. The van der Waals surface area contributed by atoms with Crippen LogP contribution in [-0.4, -0.2) is 57.7 Å². The van der Waals surface area contributed by atoms with Crippen LogP contribution in [0.1, 0.15) is 0 Å². The van der Waals surface area contributed by atoms with E-state index in [0.717, 1.165) is 11.8 Å². The molecule has 0 aromatic carbocycles. The first kappa shape index (κ1) is 15.8. The Balaban J connectivity index is 3.01. The molecule has 4 N–H and O–H groups in total. The Hall–Kier alpha value is 0.730. The number of thioether (sulfide) groups is 1. The number of alkyl halides is 2. The van der Waals surface area contributed by atoms with Gasteiger partial charge in [0.1, 0.15) is 0 Å². The number of ether oxygens (including phenoxy) is 1. The topological polar surface area (TPSA) is 98.8 Å². The zero-order valence-corrected chi connectivity index (χ0v) is 11.7. The van der Waals surface area contributed by atoms with Crippen molar-refractivity contribution < 1.29 is 20.1 Å². The van der Waals surface area contributed by atoms with E-state index in [1.54, 1.807) is 0 Å². The number of aliphatic hydroxyl groups is 2. The second-order valence-corrected chi connectivity index (χ2v) is 6.10. The number of halogens is 2. The van der Waals surface area contributed by atoms with E-state index < -0.39 is 40.0 Å². The van der Waals surface area contributed by atoms with E-state index in [4.69, 9.17) is 33.7 Å². The van der Waals surface area contributed by atoms with E-state index in [9.17, 15) is 15.3 Å². The first-order chi connectivity index (χ1) is 7.77. The van der Waals surface area contributed by atoms with Crippen LogP contribution in [0.4, 0.5) is 0 Å². The molecule has 5 nitrogen and oxygen atoms in total. The fourth-order valence-electron chi connectivity index (χ4n) is 2.02. The fraction of sp³-hybridized carbons (Fsp3) is 1.00. The molecule has 0 heterocycles. The van der Waals surface area contributed by atoms with E-state index in [1.807, 2.05) is 0 Å². The van der Waals surface area contributed by atoms with Gasteiger partial charge in [0.25, 0.3) is 0 Å². The lowest BCUT2D eigenvalue weighted by Gasteiger charge is -2.52. The normalized spacial score (nSPS) is 46.6. The molecule has 7 atom stereocenters. The molecule has 17 heavy (non-hydrogen) atoms. The third-order valence-corrected chi connectivity index (χ3v) is 5.00. The zero-order chi connectivity index (χ0) is 13.4. The van der Waals surface area contributed by atoms with Gasteiger partial charge in [-0.05, 0) is 6.26 Å². The van der Waals surface area contributed by atoms with Gasteiger partial charge in [0.2, 0.25) is 0 Å². The molecule has 1 saturated carbocycles. The maximum atomic E-state index is 12.1. The second kappa shape index (κ2) is 5.79. The standard InChI is InChI=1S/C9H16Cl2NO4S/c1-16-8-4(10)6(13)3(7(14)5(8)11)9(12,15)17-2/h3-8,13,15H,12H2,1-2H3/q-1. The van der Waals surface area contributed by atoms with Gasteiger partial charge in [-0.2, -0.15) is 0 Å². The molecule has 0 spiro atoms. The van der Waals surface area contributed by atoms with Gasteiger partial charge >= 0.3 is 0 Å². The van der Waals surface area contributed by atoms with Crippen molar-refractivity contribution in [1.82, 2.24) is 0 Å². The van der Waals surface area contributed by atoms with Crippen LogP contribution in [0.2, 0.25) is 0 Å². The summed E-state index contributed by atoms with van der Waals surface area (Å²) < 4.78 is 5.00. The molecule has 0 aromatic rings. The van der Waals surface area contributed by atoms with Crippen molar-refractivity contribution in [2.45, 2.75) is 34.1 Å². The quantitative estimate of drug-likeness (QED) is 0.452. The molecular weight excluding hydrogens is 289 g/mol. The van der Waals surface area contributed by atoms with E-state index in [0.29, 0.717) is 0 Å². The fourth-order valence-corrected chi connectivity index (χ4v) is 3.48. The van der Waals surface area contributed by atoms with Crippen LogP contribution in [0, 0.1) is 5.92 Å². The van der Waals surface area contributed by atoms with Gasteiger partial charge in [-0.3, -0.25) is 5.73 Å². The number of rotatable bonds is 3. The highest BCUT2D eigenvalue weighted by atomic mass is 35.5. The molecule has 7 unspecified atom stereocenters. The van der Waals surface area contributed by atoms with E-state index >= 15 is 0 Å². The Kier molecular flexibility index (Phi) is 5.38. The third-order valence-electron chi connectivity index (χ3n) is 3.07. The van der Waals surface area contributed by atoms with Gasteiger partial charge in [0.15, 0.2) is 5.06 Å². The van der Waals surface area contributed by atoms with Gasteiger partial charge in [-0.15, -0.1) is 35.0 Å². The first-order valence-corrected chi connectivity index (χ1v) is 7.09. The molecule has 0 aliphatic heterocycles. The number of hydrogen-bond donors (Lipinski definition) is 3. The van der Waals surface area contributed by atoms with Crippen LogP contribution in [0.25, 0.3) is 0 Å². The Bertz CT molecular complexity index is 255. The number of hydrogen-bond acceptors (Lipinski definition) is 6. The summed E-state index contributed by atoms with van der Waals surface area (Å²) in [5, 5.41) is 28.2. The Morgan fingerprint density at radius 2 is 1.94 bits per heavy atom. The Morgan fingerprint density at radius 1 is 1.41 bits per heavy atom. The second-order valence-electron chi connectivity index (χ2n) is 4.03. The highest BCUT2D eigenvalue weighted by Crippen LogP contribution is 2.39. The minimum atomic E-state index is -1.87. The van der Waals surface area contributed by atoms with E-state index in [1.165, 1.54) is 13.4 Å². The van der Waals surface area contributed by atoms with Crippen LogP contribution in [0.5, 0.6) is 0 Å². The van der Waals surface area contributed by atoms with E-state index in [2.05, 4.69) is 0 Å². The SMILES string of the molecule is COC1C(Cl)C([O-])C(C(N)(O)SC)C(O)C1Cl. The lowest BCUT2D eigenvalue weighted by molar-refractivity contribution is -0.451. The Morgan fingerprint density at radius 3 is 2.35 bits per heavy atom. The summed E-state index contributed by atoms with van der Waals surface area (Å²) in [6, 6.07) is 0. The van der Waals surface area contributed by atoms with Crippen molar-refractivity contribution in [3.8, 4) is 0 Å². The number of aliphatic hydroxyl groups excluding tert-OH is 1. The van der Waals surface area contributed by atoms with E-state index in [-0.39, 0.29) is 0 Å². The van der Waals surface area contributed by atoms with Crippen molar-refractivity contribution >= 4 is 35.0 Å². The molecule has 1 fully saturated rings. The van der Waals surface area contributed by atoms with Gasteiger partial charge in [-0.1, -0.05) is 6.10 Å². The maximum absolute atomic E-state index is 12.1. The van der Waals surface area contributed by atoms with Crippen LogP contribution >= 0.6 is 35.0 Å². The summed E-state index contributed by atoms with van der Waals surface area (Å²) >= 11 is 12.8. The minimum Gasteiger partial charge on any atom is -0.850 e. The van der Waals surface area contributed by atoms with Crippen molar-refractivity contribution in [3.63, 3.8) is 0 Å². The predicted molar refractivity (Wildman–Crippen MR) is 66.0 cm³/mol. The molecule has 0 bridgehead atoms. The van der Waals surface area contributed by atoms with Crippen molar-refractivity contribution in [2.75, 3.05) is 13.4 Å². The average Bonchev–Trinajstić information content (AvgIpc) is 2.27. The smallest absolute Gasteiger partial charge is 0.165 e. The lowest BCUT2D eigenvalue weighted by Crippen LogP contribution is -2.69. The molecule has 0 aromatic heterocycles. The molecule has 0 amide bonds.